The second-order valence-corrected chi connectivity index (χ2v) is 9.64. The lowest BCUT2D eigenvalue weighted by atomic mass is 9.81. The summed E-state index contributed by atoms with van der Waals surface area (Å²) in [6.45, 7) is 5.94. The molecule has 0 spiro atoms. The van der Waals surface area contributed by atoms with E-state index in [0.29, 0.717) is 17.9 Å². The van der Waals surface area contributed by atoms with Crippen molar-refractivity contribution in [2.45, 2.75) is 44.9 Å². The molecule has 5 rings (SSSR count). The molecule has 2 N–H and O–H groups in total. The molecule has 1 fully saturated rings. The number of nitriles is 1. The molecule has 4 heterocycles. The van der Waals surface area contributed by atoms with Gasteiger partial charge in [0, 0.05) is 36.0 Å². The fourth-order valence-electron chi connectivity index (χ4n) is 5.34. The van der Waals surface area contributed by atoms with Crippen molar-refractivity contribution < 1.29 is 9.84 Å². The summed E-state index contributed by atoms with van der Waals surface area (Å²) in [6, 6.07) is 18.7. The normalized spacial score (nSPS) is 15.9. The maximum absolute atomic E-state index is 10.1. The maximum atomic E-state index is 10.1. The molecule has 190 valence electrons. The van der Waals surface area contributed by atoms with Crippen LogP contribution >= 0.6 is 0 Å². The van der Waals surface area contributed by atoms with Crippen molar-refractivity contribution in [3.05, 3.63) is 78.2 Å². The molecule has 1 aliphatic rings. The van der Waals surface area contributed by atoms with Crippen molar-refractivity contribution in [2.75, 3.05) is 24.6 Å². The van der Waals surface area contributed by atoms with Crippen molar-refractivity contribution in [3.63, 3.8) is 0 Å². The Hall–Kier alpha value is -3.93. The van der Waals surface area contributed by atoms with Gasteiger partial charge in [-0.05, 0) is 56.9 Å². The standard InChI is InChI=1S/C29H32N6O2/c1-3-37-25-15-26(28-24(17-30)19-32-35(28)20-25)23-9-10-27(31-18-23)34-13-11-29(12-14-34,33-21(2)36)16-22-7-5-4-6-8-22/h4-10,15,18-21,33,36H,3,11-14,16H2,1-2H3. The van der Waals surface area contributed by atoms with E-state index in [2.05, 4.69) is 45.7 Å². The minimum absolute atomic E-state index is 0.160. The number of hydrogen-bond acceptors (Lipinski definition) is 7. The molecule has 0 aliphatic carbocycles. The fourth-order valence-corrected chi connectivity index (χ4v) is 5.34. The van der Waals surface area contributed by atoms with E-state index in [1.54, 1.807) is 23.8 Å². The summed E-state index contributed by atoms with van der Waals surface area (Å²) in [4.78, 5) is 7.09. The van der Waals surface area contributed by atoms with Gasteiger partial charge in [0.15, 0.2) is 0 Å². The van der Waals surface area contributed by atoms with Crippen LogP contribution < -0.4 is 15.0 Å². The lowest BCUT2D eigenvalue weighted by Crippen LogP contribution is -2.57. The second kappa shape index (κ2) is 10.6. The molecule has 37 heavy (non-hydrogen) atoms. The van der Waals surface area contributed by atoms with Gasteiger partial charge in [0.25, 0.3) is 0 Å². The number of nitrogens with one attached hydrogen (secondary N) is 1. The highest BCUT2D eigenvalue weighted by Gasteiger charge is 2.35. The number of rotatable bonds is 8. The van der Waals surface area contributed by atoms with E-state index < -0.39 is 6.23 Å². The van der Waals surface area contributed by atoms with Gasteiger partial charge in [-0.15, -0.1) is 0 Å². The number of anilines is 1. The van der Waals surface area contributed by atoms with Gasteiger partial charge in [-0.2, -0.15) is 10.4 Å². The molecule has 0 saturated carbocycles. The average molecular weight is 497 g/mol. The first kappa shape index (κ1) is 24.8. The average Bonchev–Trinajstić information content (AvgIpc) is 3.32. The zero-order valence-corrected chi connectivity index (χ0v) is 21.3. The van der Waals surface area contributed by atoms with E-state index in [4.69, 9.17) is 9.72 Å². The Morgan fingerprint density at radius 2 is 1.95 bits per heavy atom. The molecule has 1 saturated heterocycles. The van der Waals surface area contributed by atoms with Gasteiger partial charge in [0.05, 0.1) is 30.1 Å². The topological polar surface area (TPSA) is 98.7 Å². The molecule has 1 atom stereocenters. The monoisotopic (exact) mass is 496 g/mol. The van der Waals surface area contributed by atoms with Crippen LogP contribution in [0.15, 0.2) is 67.1 Å². The first-order valence-electron chi connectivity index (χ1n) is 12.8. The van der Waals surface area contributed by atoms with E-state index in [0.717, 1.165) is 54.8 Å². The molecular weight excluding hydrogens is 464 g/mol. The van der Waals surface area contributed by atoms with Crippen LogP contribution in [0.4, 0.5) is 5.82 Å². The van der Waals surface area contributed by atoms with Gasteiger partial charge in [0.2, 0.25) is 0 Å². The quantitative estimate of drug-likeness (QED) is 0.353. The van der Waals surface area contributed by atoms with E-state index in [9.17, 15) is 10.4 Å². The molecule has 1 aromatic carbocycles. The van der Waals surface area contributed by atoms with E-state index in [1.165, 1.54) is 5.56 Å². The molecule has 4 aromatic rings. The highest BCUT2D eigenvalue weighted by molar-refractivity contribution is 5.85. The number of fused-ring (bicyclic) bond motifs is 1. The number of nitrogens with zero attached hydrogens (tertiary/aromatic N) is 5. The zero-order valence-electron chi connectivity index (χ0n) is 21.3. The van der Waals surface area contributed by atoms with Crippen LogP contribution in [0.25, 0.3) is 16.6 Å². The number of pyridine rings is 2. The van der Waals surface area contributed by atoms with Crippen molar-refractivity contribution in [2.24, 2.45) is 0 Å². The highest BCUT2D eigenvalue weighted by atomic mass is 16.5. The number of aliphatic hydroxyl groups is 1. The minimum Gasteiger partial charge on any atom is -0.492 e. The summed E-state index contributed by atoms with van der Waals surface area (Å²) in [5, 5.41) is 27.5. The minimum atomic E-state index is -0.571. The molecule has 1 unspecified atom stereocenters. The van der Waals surface area contributed by atoms with Gasteiger partial charge < -0.3 is 14.7 Å². The molecule has 0 radical (unpaired) electrons. The Bertz CT molecular complexity index is 1380. The number of hydrogen-bond donors (Lipinski definition) is 2. The first-order valence-corrected chi connectivity index (χ1v) is 12.8. The van der Waals surface area contributed by atoms with Crippen LogP contribution in [0.1, 0.15) is 37.8 Å². The summed E-state index contributed by atoms with van der Waals surface area (Å²) >= 11 is 0. The summed E-state index contributed by atoms with van der Waals surface area (Å²) in [5.41, 5.74) is 4.13. The summed E-state index contributed by atoms with van der Waals surface area (Å²) in [6.07, 6.45) is 7.32. The van der Waals surface area contributed by atoms with Crippen LogP contribution in [0, 0.1) is 11.3 Å². The van der Waals surface area contributed by atoms with E-state index in [-0.39, 0.29) is 5.54 Å². The molecular formula is C29H32N6O2. The number of aromatic nitrogens is 3. The molecule has 8 nitrogen and oxygen atoms in total. The van der Waals surface area contributed by atoms with E-state index in [1.807, 2.05) is 37.4 Å². The van der Waals surface area contributed by atoms with Crippen LogP contribution in [0.2, 0.25) is 0 Å². The SMILES string of the molecule is CCOc1cc(-c2ccc(N3CCC(Cc4ccccc4)(NC(C)O)CC3)nc2)c2c(C#N)cnn2c1. The highest BCUT2D eigenvalue weighted by Crippen LogP contribution is 2.33. The Balaban J connectivity index is 1.37. The molecule has 0 amide bonds. The van der Waals surface area contributed by atoms with Crippen LogP contribution in [-0.4, -0.2) is 51.2 Å². The lowest BCUT2D eigenvalue weighted by Gasteiger charge is -2.44. The third kappa shape index (κ3) is 5.29. The van der Waals surface area contributed by atoms with Gasteiger partial charge >= 0.3 is 0 Å². The molecule has 8 heteroatoms. The van der Waals surface area contributed by atoms with Gasteiger partial charge in [-0.25, -0.2) is 9.50 Å². The Morgan fingerprint density at radius 3 is 2.59 bits per heavy atom. The first-order chi connectivity index (χ1) is 18.0. The van der Waals surface area contributed by atoms with Crippen molar-refractivity contribution in [3.8, 4) is 22.9 Å². The maximum Gasteiger partial charge on any atom is 0.138 e. The number of benzene rings is 1. The lowest BCUT2D eigenvalue weighted by molar-refractivity contribution is 0.0921. The van der Waals surface area contributed by atoms with E-state index >= 15 is 0 Å². The third-order valence-corrected chi connectivity index (χ3v) is 7.02. The fraction of sp³-hybridized carbons (Fsp3) is 0.345. The predicted octanol–water partition coefficient (Wildman–Crippen LogP) is 4.18. The van der Waals surface area contributed by atoms with Gasteiger partial charge in [-0.1, -0.05) is 30.3 Å². The van der Waals surface area contributed by atoms with Gasteiger partial charge in [-0.3, -0.25) is 5.32 Å². The molecule has 0 bridgehead atoms. The second-order valence-electron chi connectivity index (χ2n) is 9.64. The Morgan fingerprint density at radius 1 is 1.16 bits per heavy atom. The molecule has 3 aromatic heterocycles. The summed E-state index contributed by atoms with van der Waals surface area (Å²) in [5.74, 6) is 1.61. The summed E-state index contributed by atoms with van der Waals surface area (Å²) in [7, 11) is 0. The summed E-state index contributed by atoms with van der Waals surface area (Å²) < 4.78 is 7.42. The Kier molecular flexibility index (Phi) is 7.08. The van der Waals surface area contributed by atoms with Crippen molar-refractivity contribution in [1.29, 1.82) is 5.26 Å². The molecule has 1 aliphatic heterocycles. The third-order valence-electron chi connectivity index (χ3n) is 7.02. The van der Waals surface area contributed by atoms with Gasteiger partial charge in [0.1, 0.15) is 23.9 Å². The number of aliphatic hydroxyl groups excluding tert-OH is 1. The Labute approximate surface area is 217 Å². The van der Waals surface area contributed by atoms with Crippen LogP contribution in [0.5, 0.6) is 5.75 Å². The number of piperidine rings is 1. The van der Waals surface area contributed by atoms with Crippen molar-refractivity contribution >= 4 is 11.3 Å². The largest absolute Gasteiger partial charge is 0.492 e. The zero-order chi connectivity index (χ0) is 25.8. The van der Waals surface area contributed by atoms with Crippen molar-refractivity contribution in [1.82, 2.24) is 19.9 Å². The number of ether oxygens (including phenoxy) is 1. The predicted molar refractivity (Wildman–Crippen MR) is 143 cm³/mol. The smallest absolute Gasteiger partial charge is 0.138 e. The van der Waals surface area contributed by atoms with Crippen LogP contribution in [0.3, 0.4) is 0 Å². The van der Waals surface area contributed by atoms with Crippen LogP contribution in [-0.2, 0) is 6.42 Å².